The van der Waals surface area contributed by atoms with Crippen molar-refractivity contribution in [3.8, 4) is 0 Å². The first kappa shape index (κ1) is 18.6. The van der Waals surface area contributed by atoms with Gasteiger partial charge in [0, 0.05) is 32.4 Å². The van der Waals surface area contributed by atoms with E-state index in [-0.39, 0.29) is 38.1 Å². The predicted octanol–water partition coefficient (Wildman–Crippen LogP) is 2.09. The summed E-state index contributed by atoms with van der Waals surface area (Å²) in [4.78, 5) is 15.7. The molecule has 7 nitrogen and oxygen atoms in total. The Labute approximate surface area is 147 Å². The number of oxime groups is 1. The van der Waals surface area contributed by atoms with Crippen molar-refractivity contribution in [1.29, 1.82) is 0 Å². The fourth-order valence-electron chi connectivity index (χ4n) is 3.02. The van der Waals surface area contributed by atoms with Crippen molar-refractivity contribution in [3.05, 3.63) is 29.8 Å². The molecule has 2 heterocycles. The summed E-state index contributed by atoms with van der Waals surface area (Å²) in [6.45, 7) is 0.00198. The van der Waals surface area contributed by atoms with E-state index in [1.54, 1.807) is 0 Å². The number of sulfonamides is 1. The van der Waals surface area contributed by atoms with Crippen molar-refractivity contribution in [1.82, 2.24) is 4.31 Å². The van der Waals surface area contributed by atoms with E-state index in [0.29, 0.717) is 6.07 Å². The van der Waals surface area contributed by atoms with Gasteiger partial charge in [-0.2, -0.15) is 17.5 Å². The number of carbonyl (C=O) groups is 1. The molecule has 142 valence electrons. The number of hydrogen-bond donors (Lipinski definition) is 1. The van der Waals surface area contributed by atoms with Crippen LogP contribution in [-0.2, 0) is 25.8 Å². The number of benzene rings is 1. The van der Waals surface area contributed by atoms with Gasteiger partial charge in [-0.05, 0) is 18.2 Å². The predicted molar refractivity (Wildman–Crippen MR) is 82.9 cm³/mol. The molecule has 2 aliphatic heterocycles. The van der Waals surface area contributed by atoms with E-state index in [1.807, 2.05) is 0 Å². The molecule has 0 atom stereocenters. The van der Waals surface area contributed by atoms with Gasteiger partial charge in [0.2, 0.25) is 10.0 Å². The van der Waals surface area contributed by atoms with Gasteiger partial charge in [-0.15, -0.1) is 0 Å². The van der Waals surface area contributed by atoms with Gasteiger partial charge in [0.25, 0.3) is 0 Å². The average molecular weight is 392 g/mol. The van der Waals surface area contributed by atoms with Gasteiger partial charge in [-0.1, -0.05) is 11.2 Å². The number of piperidine rings is 1. The molecule has 3 rings (SSSR count). The van der Waals surface area contributed by atoms with Gasteiger partial charge in [-0.25, -0.2) is 13.2 Å². The molecule has 0 saturated carbocycles. The average Bonchev–Trinajstić information content (AvgIpc) is 2.99. The summed E-state index contributed by atoms with van der Waals surface area (Å²) >= 11 is 0. The van der Waals surface area contributed by atoms with E-state index in [1.165, 1.54) is 0 Å². The zero-order valence-electron chi connectivity index (χ0n) is 13.4. The largest absolute Gasteiger partial charge is 0.477 e. The van der Waals surface area contributed by atoms with Gasteiger partial charge >= 0.3 is 12.1 Å². The van der Waals surface area contributed by atoms with Crippen LogP contribution < -0.4 is 0 Å². The lowest BCUT2D eigenvalue weighted by Gasteiger charge is -2.36. The molecule has 1 N–H and O–H groups in total. The minimum atomic E-state index is -4.64. The van der Waals surface area contributed by atoms with E-state index in [2.05, 4.69) is 5.16 Å². The highest BCUT2D eigenvalue weighted by Gasteiger charge is 2.46. The standard InChI is InChI=1S/C15H15F3N2O5S/c16-15(17,18)10-2-1-3-11(8-10)26(23,24)20-6-4-14(5-7-20)9-12(13(21)22)19-25-14/h1-3,8H,4-7,9H2,(H,21,22). The minimum absolute atomic E-state index is 0.000990. The van der Waals surface area contributed by atoms with Gasteiger partial charge in [0.05, 0.1) is 10.5 Å². The molecule has 0 amide bonds. The second-order valence-corrected chi connectivity index (χ2v) is 8.16. The van der Waals surface area contributed by atoms with Crippen molar-refractivity contribution in [2.75, 3.05) is 13.1 Å². The Hall–Kier alpha value is -2.14. The number of carboxylic acids is 1. The summed E-state index contributed by atoms with van der Waals surface area (Å²) in [7, 11) is -4.10. The Morgan fingerprint density at radius 3 is 2.46 bits per heavy atom. The van der Waals surface area contributed by atoms with Crippen LogP contribution in [0.4, 0.5) is 13.2 Å². The van der Waals surface area contributed by atoms with Crippen molar-refractivity contribution in [2.24, 2.45) is 5.16 Å². The number of rotatable bonds is 3. The Balaban J connectivity index is 1.74. The van der Waals surface area contributed by atoms with Crippen LogP contribution in [0.1, 0.15) is 24.8 Å². The van der Waals surface area contributed by atoms with Crippen LogP contribution in [0.5, 0.6) is 0 Å². The fourth-order valence-corrected chi connectivity index (χ4v) is 4.51. The second kappa shape index (κ2) is 6.23. The van der Waals surface area contributed by atoms with E-state index in [9.17, 15) is 26.4 Å². The van der Waals surface area contributed by atoms with Gasteiger partial charge in [0.15, 0.2) is 5.71 Å². The molecule has 0 aliphatic carbocycles. The van der Waals surface area contributed by atoms with Crippen LogP contribution in [0.2, 0.25) is 0 Å². The van der Waals surface area contributed by atoms with E-state index < -0.39 is 38.2 Å². The fraction of sp³-hybridized carbons (Fsp3) is 0.467. The van der Waals surface area contributed by atoms with Crippen LogP contribution in [-0.4, -0.2) is 48.2 Å². The summed E-state index contributed by atoms with van der Waals surface area (Å²) in [5, 5.41) is 12.5. The van der Waals surface area contributed by atoms with Gasteiger partial charge in [0.1, 0.15) is 5.60 Å². The van der Waals surface area contributed by atoms with Crippen LogP contribution >= 0.6 is 0 Å². The normalized spacial score (nSPS) is 20.7. The summed E-state index contributed by atoms with van der Waals surface area (Å²) in [5.74, 6) is -1.19. The highest BCUT2D eigenvalue weighted by Crippen LogP contribution is 2.37. The van der Waals surface area contributed by atoms with Crippen LogP contribution in [0.3, 0.4) is 0 Å². The number of hydrogen-bond acceptors (Lipinski definition) is 5. The molecule has 0 radical (unpaired) electrons. The number of carboxylic acid groups (broad SMARTS) is 1. The topological polar surface area (TPSA) is 96.3 Å². The molecule has 1 spiro atoms. The van der Waals surface area contributed by atoms with Crippen molar-refractivity contribution in [2.45, 2.75) is 35.9 Å². The third kappa shape index (κ3) is 3.40. The first-order valence-corrected chi connectivity index (χ1v) is 9.13. The number of halogens is 3. The quantitative estimate of drug-likeness (QED) is 0.850. The summed E-state index contributed by atoms with van der Waals surface area (Å²) in [6, 6.07) is 3.58. The second-order valence-electron chi connectivity index (χ2n) is 6.22. The van der Waals surface area contributed by atoms with Gasteiger partial charge < -0.3 is 9.94 Å². The molecule has 1 aromatic carbocycles. The minimum Gasteiger partial charge on any atom is -0.477 e. The summed E-state index contributed by atoms with van der Waals surface area (Å²) in [5.41, 5.74) is -2.03. The van der Waals surface area contributed by atoms with Crippen molar-refractivity contribution < 1.29 is 36.3 Å². The van der Waals surface area contributed by atoms with E-state index in [0.717, 1.165) is 22.5 Å². The van der Waals surface area contributed by atoms with Crippen molar-refractivity contribution >= 4 is 21.7 Å². The van der Waals surface area contributed by atoms with E-state index in [4.69, 9.17) is 9.94 Å². The Kier molecular flexibility index (Phi) is 4.47. The zero-order chi connectivity index (χ0) is 19.2. The smallest absolute Gasteiger partial charge is 0.416 e. The molecule has 0 unspecified atom stereocenters. The maximum Gasteiger partial charge on any atom is 0.416 e. The first-order valence-electron chi connectivity index (χ1n) is 7.69. The Bertz CT molecular complexity index is 858. The lowest BCUT2D eigenvalue weighted by Crippen LogP contribution is -2.47. The number of nitrogens with zero attached hydrogens (tertiary/aromatic N) is 2. The number of alkyl halides is 3. The Morgan fingerprint density at radius 1 is 1.27 bits per heavy atom. The first-order chi connectivity index (χ1) is 12.0. The molecule has 0 bridgehead atoms. The van der Waals surface area contributed by atoms with Crippen molar-refractivity contribution in [3.63, 3.8) is 0 Å². The third-order valence-electron chi connectivity index (χ3n) is 4.52. The summed E-state index contributed by atoms with van der Waals surface area (Å²) in [6.07, 6.45) is -4.17. The van der Waals surface area contributed by atoms with Crippen LogP contribution in [0.25, 0.3) is 0 Å². The maximum absolute atomic E-state index is 12.8. The SMILES string of the molecule is O=C(O)C1=NOC2(CCN(S(=O)(=O)c3cccc(C(F)(F)F)c3)CC2)C1. The summed E-state index contributed by atoms with van der Waals surface area (Å²) < 4.78 is 64.8. The molecular weight excluding hydrogens is 377 g/mol. The monoisotopic (exact) mass is 392 g/mol. The van der Waals surface area contributed by atoms with Crippen LogP contribution in [0, 0.1) is 0 Å². The lowest BCUT2D eigenvalue weighted by molar-refractivity contribution is -0.137. The zero-order valence-corrected chi connectivity index (χ0v) is 14.2. The Morgan fingerprint density at radius 2 is 1.92 bits per heavy atom. The van der Waals surface area contributed by atoms with Gasteiger partial charge in [-0.3, -0.25) is 0 Å². The highest BCUT2D eigenvalue weighted by atomic mass is 32.2. The molecule has 1 saturated heterocycles. The molecule has 1 fully saturated rings. The molecular formula is C15H15F3N2O5S. The molecule has 26 heavy (non-hydrogen) atoms. The lowest BCUT2D eigenvalue weighted by atomic mass is 9.88. The molecule has 11 heteroatoms. The third-order valence-corrected chi connectivity index (χ3v) is 6.41. The molecule has 0 aromatic heterocycles. The maximum atomic E-state index is 12.8. The highest BCUT2D eigenvalue weighted by molar-refractivity contribution is 7.89. The molecule has 1 aromatic rings. The van der Waals surface area contributed by atoms with E-state index >= 15 is 0 Å². The molecule has 2 aliphatic rings. The number of aliphatic carboxylic acids is 1. The van der Waals surface area contributed by atoms with Crippen LogP contribution in [0.15, 0.2) is 34.3 Å².